The SMILES string of the molecule is Cc1c(N)cccc1-c1nccn2nc(Nc3ccc(N4CCOCC4)cc3)nc12. The molecule has 3 heterocycles. The number of hydrogen-bond donors (Lipinski definition) is 2. The Morgan fingerprint density at radius 2 is 1.87 bits per heavy atom. The summed E-state index contributed by atoms with van der Waals surface area (Å²) in [6, 6.07) is 14.1. The van der Waals surface area contributed by atoms with Gasteiger partial charge < -0.3 is 20.7 Å². The monoisotopic (exact) mass is 401 g/mol. The van der Waals surface area contributed by atoms with E-state index >= 15 is 0 Å². The van der Waals surface area contributed by atoms with Gasteiger partial charge in [0, 0.05) is 48.1 Å². The molecule has 0 radical (unpaired) electrons. The third-order valence-corrected chi connectivity index (χ3v) is 5.39. The van der Waals surface area contributed by atoms with Crippen LogP contribution in [0.25, 0.3) is 16.9 Å². The Morgan fingerprint density at radius 3 is 2.67 bits per heavy atom. The zero-order valence-corrected chi connectivity index (χ0v) is 16.7. The van der Waals surface area contributed by atoms with Crippen LogP contribution >= 0.6 is 0 Å². The molecule has 0 aliphatic carbocycles. The summed E-state index contributed by atoms with van der Waals surface area (Å²) in [6.07, 6.45) is 3.51. The number of ether oxygens (including phenoxy) is 1. The number of fused-ring (bicyclic) bond motifs is 1. The van der Waals surface area contributed by atoms with Crippen LogP contribution in [0.3, 0.4) is 0 Å². The smallest absolute Gasteiger partial charge is 0.247 e. The minimum atomic E-state index is 0.518. The molecule has 2 aromatic carbocycles. The van der Waals surface area contributed by atoms with Gasteiger partial charge in [-0.15, -0.1) is 5.10 Å². The van der Waals surface area contributed by atoms with Crippen molar-refractivity contribution in [2.75, 3.05) is 42.3 Å². The van der Waals surface area contributed by atoms with E-state index in [0.29, 0.717) is 11.6 Å². The van der Waals surface area contributed by atoms with Crippen molar-refractivity contribution in [2.45, 2.75) is 6.92 Å². The number of nitrogen functional groups attached to an aromatic ring is 1. The quantitative estimate of drug-likeness (QED) is 0.507. The molecule has 4 aromatic rings. The molecule has 8 nitrogen and oxygen atoms in total. The van der Waals surface area contributed by atoms with Crippen LogP contribution < -0.4 is 16.0 Å². The predicted molar refractivity (Wildman–Crippen MR) is 118 cm³/mol. The van der Waals surface area contributed by atoms with Crippen molar-refractivity contribution in [1.29, 1.82) is 0 Å². The molecule has 1 saturated heterocycles. The highest BCUT2D eigenvalue weighted by molar-refractivity contribution is 5.79. The summed E-state index contributed by atoms with van der Waals surface area (Å²) >= 11 is 0. The maximum absolute atomic E-state index is 6.08. The van der Waals surface area contributed by atoms with Crippen molar-refractivity contribution in [1.82, 2.24) is 19.6 Å². The fourth-order valence-corrected chi connectivity index (χ4v) is 3.68. The van der Waals surface area contributed by atoms with Crippen LogP contribution in [0.1, 0.15) is 5.56 Å². The Morgan fingerprint density at radius 1 is 1.07 bits per heavy atom. The maximum atomic E-state index is 6.08. The van der Waals surface area contributed by atoms with Gasteiger partial charge in [-0.2, -0.15) is 4.98 Å². The third-order valence-electron chi connectivity index (χ3n) is 5.39. The zero-order chi connectivity index (χ0) is 20.5. The number of benzene rings is 2. The van der Waals surface area contributed by atoms with Gasteiger partial charge >= 0.3 is 0 Å². The molecule has 2 aromatic heterocycles. The number of aromatic nitrogens is 4. The fraction of sp³-hybridized carbons (Fsp3) is 0.227. The van der Waals surface area contributed by atoms with E-state index in [1.165, 1.54) is 5.69 Å². The number of nitrogens with two attached hydrogens (primary N) is 1. The van der Waals surface area contributed by atoms with Crippen molar-refractivity contribution in [3.63, 3.8) is 0 Å². The van der Waals surface area contributed by atoms with Crippen molar-refractivity contribution in [3.8, 4) is 11.3 Å². The first-order chi connectivity index (χ1) is 14.7. The van der Waals surface area contributed by atoms with E-state index in [9.17, 15) is 0 Å². The lowest BCUT2D eigenvalue weighted by Gasteiger charge is -2.28. The second-order valence-corrected chi connectivity index (χ2v) is 7.27. The third kappa shape index (κ3) is 3.42. The molecule has 5 rings (SSSR count). The lowest BCUT2D eigenvalue weighted by atomic mass is 10.0. The summed E-state index contributed by atoms with van der Waals surface area (Å²) in [4.78, 5) is 11.5. The molecule has 0 unspecified atom stereocenters. The number of anilines is 4. The highest BCUT2D eigenvalue weighted by Gasteiger charge is 2.15. The van der Waals surface area contributed by atoms with E-state index < -0.39 is 0 Å². The van der Waals surface area contributed by atoms with Gasteiger partial charge in [0.2, 0.25) is 5.95 Å². The van der Waals surface area contributed by atoms with Gasteiger partial charge in [-0.25, -0.2) is 4.52 Å². The summed E-state index contributed by atoms with van der Waals surface area (Å²) in [5.74, 6) is 0.518. The largest absolute Gasteiger partial charge is 0.398 e. The van der Waals surface area contributed by atoms with E-state index in [1.54, 1.807) is 16.9 Å². The molecule has 0 amide bonds. The first-order valence-electron chi connectivity index (χ1n) is 9.96. The van der Waals surface area contributed by atoms with Crippen molar-refractivity contribution < 1.29 is 4.74 Å². The topological polar surface area (TPSA) is 93.6 Å². The highest BCUT2D eigenvalue weighted by atomic mass is 16.5. The summed E-state index contributed by atoms with van der Waals surface area (Å²) in [5.41, 5.74) is 12.3. The van der Waals surface area contributed by atoms with E-state index in [2.05, 4.69) is 37.4 Å². The van der Waals surface area contributed by atoms with Gasteiger partial charge in [0.15, 0.2) is 5.65 Å². The van der Waals surface area contributed by atoms with Crippen LogP contribution in [-0.4, -0.2) is 45.9 Å². The van der Waals surface area contributed by atoms with Crippen LogP contribution in [0.4, 0.5) is 23.0 Å². The van der Waals surface area contributed by atoms with Crippen molar-refractivity contribution in [3.05, 3.63) is 60.4 Å². The summed E-state index contributed by atoms with van der Waals surface area (Å²) in [6.45, 7) is 5.36. The van der Waals surface area contributed by atoms with E-state index in [0.717, 1.165) is 54.5 Å². The molecular weight excluding hydrogens is 378 g/mol. The molecular formula is C22H23N7O. The van der Waals surface area contributed by atoms with Crippen LogP contribution in [0.15, 0.2) is 54.9 Å². The van der Waals surface area contributed by atoms with Gasteiger partial charge in [0.05, 0.1) is 13.2 Å². The van der Waals surface area contributed by atoms with Gasteiger partial charge in [0.1, 0.15) is 5.69 Å². The lowest BCUT2D eigenvalue weighted by Crippen LogP contribution is -2.36. The highest BCUT2D eigenvalue weighted by Crippen LogP contribution is 2.28. The molecule has 0 atom stereocenters. The number of nitrogens with zero attached hydrogens (tertiary/aromatic N) is 5. The molecule has 152 valence electrons. The standard InChI is InChI=1S/C22H23N7O/c1-15-18(3-2-4-19(15)23)20-21-26-22(27-29(21)10-9-24-20)25-16-5-7-17(8-6-16)28-11-13-30-14-12-28/h2-10H,11-14,23H2,1H3,(H,25,27). The first kappa shape index (κ1) is 18.4. The van der Waals surface area contributed by atoms with E-state index in [-0.39, 0.29) is 0 Å². The molecule has 1 fully saturated rings. The fourth-order valence-electron chi connectivity index (χ4n) is 3.68. The Balaban J connectivity index is 1.42. The Kier molecular flexibility index (Phi) is 4.68. The summed E-state index contributed by atoms with van der Waals surface area (Å²) < 4.78 is 7.15. The summed E-state index contributed by atoms with van der Waals surface area (Å²) in [7, 11) is 0. The van der Waals surface area contributed by atoms with E-state index in [1.807, 2.05) is 37.3 Å². The Labute approximate surface area is 174 Å². The number of hydrogen-bond acceptors (Lipinski definition) is 7. The zero-order valence-electron chi connectivity index (χ0n) is 16.7. The molecule has 0 bridgehead atoms. The van der Waals surface area contributed by atoms with E-state index in [4.69, 9.17) is 10.5 Å². The molecule has 0 spiro atoms. The minimum absolute atomic E-state index is 0.518. The maximum Gasteiger partial charge on any atom is 0.247 e. The van der Waals surface area contributed by atoms with Gasteiger partial charge in [-0.3, -0.25) is 4.98 Å². The second-order valence-electron chi connectivity index (χ2n) is 7.27. The lowest BCUT2D eigenvalue weighted by molar-refractivity contribution is 0.122. The molecule has 1 aliphatic heterocycles. The van der Waals surface area contributed by atoms with Crippen LogP contribution in [-0.2, 0) is 4.74 Å². The normalized spacial score (nSPS) is 14.2. The molecule has 1 aliphatic rings. The molecule has 30 heavy (non-hydrogen) atoms. The molecule has 8 heteroatoms. The first-order valence-corrected chi connectivity index (χ1v) is 9.96. The Bertz CT molecular complexity index is 1180. The van der Waals surface area contributed by atoms with Crippen molar-refractivity contribution >= 4 is 28.7 Å². The van der Waals surface area contributed by atoms with Crippen LogP contribution in [0.5, 0.6) is 0 Å². The minimum Gasteiger partial charge on any atom is -0.398 e. The molecule has 3 N–H and O–H groups in total. The predicted octanol–water partition coefficient (Wildman–Crippen LogP) is 3.26. The van der Waals surface area contributed by atoms with Crippen molar-refractivity contribution in [2.24, 2.45) is 0 Å². The second kappa shape index (κ2) is 7.64. The van der Waals surface area contributed by atoms with Crippen LogP contribution in [0.2, 0.25) is 0 Å². The summed E-state index contributed by atoms with van der Waals surface area (Å²) in [5, 5.41) is 7.84. The van der Waals surface area contributed by atoms with Crippen LogP contribution in [0, 0.1) is 6.92 Å². The number of nitrogens with one attached hydrogen (secondary N) is 1. The number of rotatable bonds is 4. The van der Waals surface area contributed by atoms with Gasteiger partial charge in [0.25, 0.3) is 0 Å². The van der Waals surface area contributed by atoms with Gasteiger partial charge in [-0.1, -0.05) is 12.1 Å². The Hall–Kier alpha value is -3.65. The number of morpholine rings is 1. The van der Waals surface area contributed by atoms with Gasteiger partial charge in [-0.05, 0) is 42.8 Å². The average molecular weight is 401 g/mol. The molecule has 0 saturated carbocycles. The average Bonchev–Trinajstić information content (AvgIpc) is 3.19.